The van der Waals surface area contributed by atoms with Crippen LogP contribution in [0.5, 0.6) is 5.75 Å². The molecule has 22 heavy (non-hydrogen) atoms. The van der Waals surface area contributed by atoms with Crippen molar-refractivity contribution in [1.82, 2.24) is 0 Å². The summed E-state index contributed by atoms with van der Waals surface area (Å²) in [6, 6.07) is 11.6. The van der Waals surface area contributed by atoms with E-state index in [1.807, 2.05) is 0 Å². The first kappa shape index (κ1) is 15.9. The number of hydrogen-bond donors (Lipinski definition) is 2. The Morgan fingerprint density at radius 3 is 2.45 bits per heavy atom. The van der Waals surface area contributed by atoms with Gasteiger partial charge in [0.05, 0.1) is 18.5 Å². The van der Waals surface area contributed by atoms with Gasteiger partial charge < -0.3 is 15.4 Å². The maximum absolute atomic E-state index is 12.3. The van der Waals surface area contributed by atoms with Gasteiger partial charge in [0.25, 0.3) is 5.91 Å². The minimum atomic E-state index is -0.331. The van der Waals surface area contributed by atoms with Gasteiger partial charge in [-0.25, -0.2) is 0 Å². The Morgan fingerprint density at radius 2 is 1.82 bits per heavy atom. The lowest BCUT2D eigenvalue weighted by atomic mass is 10.2. The van der Waals surface area contributed by atoms with Crippen LogP contribution in [-0.4, -0.2) is 18.9 Å². The number of carbonyl (C=O) groups excluding carboxylic acids is 2. The Balaban J connectivity index is 2.30. The van der Waals surface area contributed by atoms with Gasteiger partial charge in [0.1, 0.15) is 5.75 Å². The predicted molar refractivity (Wildman–Crippen MR) is 86.7 cm³/mol. The van der Waals surface area contributed by atoms with E-state index in [9.17, 15) is 9.59 Å². The number of benzene rings is 2. The van der Waals surface area contributed by atoms with Crippen molar-refractivity contribution in [3.05, 3.63) is 53.1 Å². The van der Waals surface area contributed by atoms with Gasteiger partial charge in [0.2, 0.25) is 5.91 Å². The summed E-state index contributed by atoms with van der Waals surface area (Å²) in [4.78, 5) is 23.5. The molecule has 5 nitrogen and oxygen atoms in total. The lowest BCUT2D eigenvalue weighted by molar-refractivity contribution is -0.114. The summed E-state index contributed by atoms with van der Waals surface area (Å²) in [6.07, 6.45) is 0. The van der Waals surface area contributed by atoms with Crippen LogP contribution < -0.4 is 15.4 Å². The highest BCUT2D eigenvalue weighted by Crippen LogP contribution is 2.27. The molecule has 0 heterocycles. The van der Waals surface area contributed by atoms with E-state index in [1.54, 1.807) is 42.5 Å². The minimum Gasteiger partial charge on any atom is -0.497 e. The van der Waals surface area contributed by atoms with Crippen molar-refractivity contribution in [2.24, 2.45) is 0 Å². The van der Waals surface area contributed by atoms with Crippen molar-refractivity contribution >= 4 is 34.8 Å². The summed E-state index contributed by atoms with van der Waals surface area (Å²) < 4.78 is 5.14. The summed E-state index contributed by atoms with van der Waals surface area (Å²) in [5, 5.41) is 5.87. The van der Waals surface area contributed by atoms with Gasteiger partial charge in [-0.1, -0.05) is 17.7 Å². The molecule has 0 saturated heterocycles. The minimum absolute atomic E-state index is 0.233. The average Bonchev–Trinajstić information content (AvgIpc) is 2.48. The Hall–Kier alpha value is -2.53. The van der Waals surface area contributed by atoms with Crippen molar-refractivity contribution in [3.8, 4) is 5.75 Å². The van der Waals surface area contributed by atoms with Crippen molar-refractivity contribution < 1.29 is 14.3 Å². The lowest BCUT2D eigenvalue weighted by Gasteiger charge is -2.13. The zero-order chi connectivity index (χ0) is 16.1. The van der Waals surface area contributed by atoms with Gasteiger partial charge in [-0.2, -0.15) is 0 Å². The van der Waals surface area contributed by atoms with Crippen molar-refractivity contribution in [1.29, 1.82) is 0 Å². The zero-order valence-electron chi connectivity index (χ0n) is 12.1. The third-order valence-corrected chi connectivity index (χ3v) is 3.11. The molecule has 2 rings (SSSR count). The Morgan fingerprint density at radius 1 is 1.05 bits per heavy atom. The molecule has 2 amide bonds. The topological polar surface area (TPSA) is 67.4 Å². The maximum Gasteiger partial charge on any atom is 0.255 e. The van der Waals surface area contributed by atoms with Crippen LogP contribution in [0.3, 0.4) is 0 Å². The zero-order valence-corrected chi connectivity index (χ0v) is 12.9. The Labute approximate surface area is 133 Å². The van der Waals surface area contributed by atoms with Gasteiger partial charge in [-0.3, -0.25) is 9.59 Å². The molecule has 0 aliphatic rings. The molecule has 0 fully saturated rings. The van der Waals surface area contributed by atoms with E-state index >= 15 is 0 Å². The number of hydrogen-bond acceptors (Lipinski definition) is 3. The number of carbonyl (C=O) groups is 2. The highest BCUT2D eigenvalue weighted by Gasteiger charge is 2.11. The van der Waals surface area contributed by atoms with Crippen LogP contribution in [0.2, 0.25) is 5.02 Å². The number of methoxy groups -OCH3 is 1. The lowest BCUT2D eigenvalue weighted by Crippen LogP contribution is -2.15. The van der Waals surface area contributed by atoms with Crippen molar-refractivity contribution in [2.75, 3.05) is 17.7 Å². The fourth-order valence-electron chi connectivity index (χ4n) is 1.88. The molecule has 0 bridgehead atoms. The fraction of sp³-hybridized carbons (Fsp3) is 0.125. The molecule has 114 valence electrons. The van der Waals surface area contributed by atoms with Crippen molar-refractivity contribution in [3.63, 3.8) is 0 Å². The largest absolute Gasteiger partial charge is 0.497 e. The second-order valence-corrected chi connectivity index (χ2v) is 4.99. The first-order valence-corrected chi connectivity index (χ1v) is 6.90. The van der Waals surface area contributed by atoms with Gasteiger partial charge in [0, 0.05) is 23.6 Å². The van der Waals surface area contributed by atoms with Gasteiger partial charge in [-0.05, 0) is 30.3 Å². The first-order chi connectivity index (χ1) is 10.5. The van der Waals surface area contributed by atoms with E-state index < -0.39 is 0 Å². The molecule has 0 atom stereocenters. The molecule has 0 radical (unpaired) electrons. The molecule has 2 aromatic carbocycles. The fourth-order valence-corrected chi connectivity index (χ4v) is 2.07. The molecule has 0 saturated carbocycles. The summed E-state index contributed by atoms with van der Waals surface area (Å²) in [5.74, 6) is 0.00118. The van der Waals surface area contributed by atoms with E-state index in [1.165, 1.54) is 14.0 Å². The molecule has 6 heteroatoms. The van der Waals surface area contributed by atoms with Crippen LogP contribution >= 0.6 is 11.6 Å². The second-order valence-electron chi connectivity index (χ2n) is 4.56. The van der Waals surface area contributed by atoms with Crippen molar-refractivity contribution in [2.45, 2.75) is 6.92 Å². The quantitative estimate of drug-likeness (QED) is 0.905. The molecule has 0 aromatic heterocycles. The number of ether oxygens (including phenoxy) is 1. The number of halogens is 1. The molecular weight excluding hydrogens is 304 g/mol. The standard InChI is InChI=1S/C16H15ClN2O3/c1-10(20)18-14-7-6-13(22-2)9-15(14)19-16(21)11-4-3-5-12(17)8-11/h3-9H,1-2H3,(H,18,20)(H,19,21). The molecule has 0 spiro atoms. The van der Waals surface area contributed by atoms with E-state index in [2.05, 4.69) is 10.6 Å². The summed E-state index contributed by atoms with van der Waals surface area (Å²) in [6.45, 7) is 1.40. The van der Waals surface area contributed by atoms with Gasteiger partial charge in [-0.15, -0.1) is 0 Å². The molecule has 2 N–H and O–H groups in total. The van der Waals surface area contributed by atoms with E-state index in [4.69, 9.17) is 16.3 Å². The molecule has 0 unspecified atom stereocenters. The first-order valence-electron chi connectivity index (χ1n) is 6.52. The second kappa shape index (κ2) is 6.95. The number of rotatable bonds is 4. The van der Waals surface area contributed by atoms with E-state index in [-0.39, 0.29) is 11.8 Å². The van der Waals surface area contributed by atoms with Gasteiger partial charge >= 0.3 is 0 Å². The highest BCUT2D eigenvalue weighted by molar-refractivity contribution is 6.31. The smallest absolute Gasteiger partial charge is 0.255 e. The van der Waals surface area contributed by atoms with Crippen LogP contribution in [0.1, 0.15) is 17.3 Å². The molecule has 0 aliphatic carbocycles. The number of amides is 2. The van der Waals surface area contributed by atoms with E-state index in [0.29, 0.717) is 27.7 Å². The normalized spacial score (nSPS) is 9.95. The Bertz CT molecular complexity index is 716. The highest BCUT2D eigenvalue weighted by atomic mass is 35.5. The van der Waals surface area contributed by atoms with E-state index in [0.717, 1.165) is 0 Å². The van der Waals surface area contributed by atoms with Crippen LogP contribution in [0.4, 0.5) is 11.4 Å². The summed E-state index contributed by atoms with van der Waals surface area (Å²) >= 11 is 5.88. The summed E-state index contributed by atoms with van der Waals surface area (Å²) in [5.41, 5.74) is 1.35. The third-order valence-electron chi connectivity index (χ3n) is 2.87. The van der Waals surface area contributed by atoms with Crippen LogP contribution in [0, 0.1) is 0 Å². The van der Waals surface area contributed by atoms with Crippen LogP contribution in [-0.2, 0) is 4.79 Å². The average molecular weight is 319 g/mol. The maximum atomic E-state index is 12.3. The predicted octanol–water partition coefficient (Wildman–Crippen LogP) is 3.56. The monoisotopic (exact) mass is 318 g/mol. The molecular formula is C16H15ClN2O3. The van der Waals surface area contributed by atoms with Crippen LogP contribution in [0.15, 0.2) is 42.5 Å². The van der Waals surface area contributed by atoms with Gasteiger partial charge in [0.15, 0.2) is 0 Å². The van der Waals surface area contributed by atoms with Crippen LogP contribution in [0.25, 0.3) is 0 Å². The Kier molecular flexibility index (Phi) is 5.01. The number of nitrogens with one attached hydrogen (secondary N) is 2. The molecule has 0 aliphatic heterocycles. The summed E-state index contributed by atoms with van der Waals surface area (Å²) in [7, 11) is 1.52. The SMILES string of the molecule is COc1ccc(NC(C)=O)c(NC(=O)c2cccc(Cl)c2)c1. The third kappa shape index (κ3) is 3.99. The molecule has 2 aromatic rings. The number of anilines is 2.